The second-order valence-corrected chi connectivity index (χ2v) is 6.71. The molecule has 3 heterocycles. The van der Waals surface area contributed by atoms with E-state index >= 15 is 0 Å². The molecule has 4 rings (SSSR count). The van der Waals surface area contributed by atoms with Crippen LogP contribution in [0.3, 0.4) is 0 Å². The zero-order valence-corrected chi connectivity index (χ0v) is 16.0. The molecule has 0 bridgehead atoms. The first-order valence-corrected chi connectivity index (χ1v) is 9.35. The molecule has 0 aliphatic carbocycles. The maximum Gasteiger partial charge on any atom is 0.410 e. The number of carboxylic acid groups (broad SMARTS) is 1. The van der Waals surface area contributed by atoms with Crippen LogP contribution in [0.1, 0.15) is 18.9 Å². The van der Waals surface area contributed by atoms with Gasteiger partial charge in [-0.2, -0.15) is 5.10 Å². The Morgan fingerprint density at radius 1 is 1.31 bits per heavy atom. The van der Waals surface area contributed by atoms with Gasteiger partial charge < -0.3 is 19.9 Å². The van der Waals surface area contributed by atoms with E-state index in [0.717, 1.165) is 37.0 Å². The van der Waals surface area contributed by atoms with Gasteiger partial charge in [0.25, 0.3) is 0 Å². The fourth-order valence-corrected chi connectivity index (χ4v) is 3.51. The molecule has 0 radical (unpaired) electrons. The molecule has 1 amide bonds. The van der Waals surface area contributed by atoms with Crippen molar-refractivity contribution in [2.24, 2.45) is 0 Å². The molecule has 1 aliphatic heterocycles. The van der Waals surface area contributed by atoms with Gasteiger partial charge in [0.05, 0.1) is 17.3 Å². The molecule has 0 saturated carbocycles. The van der Waals surface area contributed by atoms with E-state index in [1.54, 1.807) is 7.11 Å². The number of methoxy groups -OCH3 is 1. The van der Waals surface area contributed by atoms with Crippen LogP contribution in [-0.2, 0) is 4.74 Å². The number of hydrogen-bond donors (Lipinski definition) is 3. The highest BCUT2D eigenvalue weighted by atomic mass is 16.7. The number of fused-ring (bicyclic) bond motifs is 1. The average Bonchev–Trinajstić information content (AvgIpc) is 3.10. The molecule has 0 unspecified atom stereocenters. The summed E-state index contributed by atoms with van der Waals surface area (Å²) in [6.07, 6.45) is 0.606. The van der Waals surface area contributed by atoms with Crippen molar-refractivity contribution in [3.8, 4) is 17.0 Å². The lowest BCUT2D eigenvalue weighted by Gasteiger charge is -2.23. The van der Waals surface area contributed by atoms with Crippen LogP contribution in [0.25, 0.3) is 22.3 Å². The monoisotopic (exact) mass is 398 g/mol. The summed E-state index contributed by atoms with van der Waals surface area (Å²) in [5, 5.41) is 27.9. The Kier molecular flexibility index (Phi) is 5.54. The Morgan fingerprint density at radius 2 is 2.10 bits per heavy atom. The minimum atomic E-state index is -1.19. The number of hydrogen-bond acceptors (Lipinski definition) is 7. The van der Waals surface area contributed by atoms with Crippen molar-refractivity contribution in [1.29, 1.82) is 0 Å². The van der Waals surface area contributed by atoms with Gasteiger partial charge in [-0.15, -0.1) is 10.2 Å². The molecule has 29 heavy (non-hydrogen) atoms. The number of amides is 1. The van der Waals surface area contributed by atoms with Gasteiger partial charge in [-0.1, -0.05) is 12.1 Å². The Balaban J connectivity index is 1.81. The third kappa shape index (κ3) is 3.98. The van der Waals surface area contributed by atoms with Gasteiger partial charge in [-0.3, -0.25) is 10.00 Å². The summed E-state index contributed by atoms with van der Waals surface area (Å²) >= 11 is 0. The molecule has 1 saturated heterocycles. The third-order valence-electron chi connectivity index (χ3n) is 4.83. The van der Waals surface area contributed by atoms with E-state index < -0.39 is 6.09 Å². The Morgan fingerprint density at radius 3 is 2.86 bits per heavy atom. The molecule has 10 heteroatoms. The zero-order chi connectivity index (χ0) is 20.2. The topological polar surface area (TPSA) is 123 Å². The number of piperidine rings is 1. The molecule has 1 fully saturated rings. The molecule has 1 aliphatic rings. The maximum absolute atomic E-state index is 11.2. The van der Waals surface area contributed by atoms with Crippen molar-refractivity contribution >= 4 is 22.9 Å². The summed E-state index contributed by atoms with van der Waals surface area (Å²) in [5.41, 5.74) is 2.53. The van der Waals surface area contributed by atoms with Crippen molar-refractivity contribution < 1.29 is 19.4 Å². The van der Waals surface area contributed by atoms with Crippen LogP contribution in [0.15, 0.2) is 30.3 Å². The first kappa shape index (κ1) is 19.1. The van der Waals surface area contributed by atoms with E-state index in [2.05, 4.69) is 25.9 Å². The largest absolute Gasteiger partial charge is 0.467 e. The normalized spacial score (nSPS) is 14.8. The van der Waals surface area contributed by atoms with Crippen LogP contribution in [0.2, 0.25) is 0 Å². The molecule has 0 atom stereocenters. The first-order chi connectivity index (χ1) is 14.2. The molecular formula is C19H22N6O4. The number of para-hydroxylation sites is 1. The SMILES string of the molecule is COCOc1ccccc1-c1cc2c(nn1)c(NC(=O)O)nn2C1CCNCC1. The van der Waals surface area contributed by atoms with Crippen LogP contribution in [0, 0.1) is 0 Å². The van der Waals surface area contributed by atoms with E-state index in [9.17, 15) is 4.79 Å². The van der Waals surface area contributed by atoms with Gasteiger partial charge in [0.2, 0.25) is 0 Å². The van der Waals surface area contributed by atoms with Gasteiger partial charge in [0, 0.05) is 12.7 Å². The summed E-state index contributed by atoms with van der Waals surface area (Å²) in [6, 6.07) is 9.51. The highest BCUT2D eigenvalue weighted by Crippen LogP contribution is 2.33. The highest BCUT2D eigenvalue weighted by molar-refractivity contribution is 5.95. The zero-order valence-electron chi connectivity index (χ0n) is 16.0. The van der Waals surface area contributed by atoms with Crippen molar-refractivity contribution in [2.45, 2.75) is 18.9 Å². The molecule has 2 aromatic heterocycles. The van der Waals surface area contributed by atoms with Crippen LogP contribution in [0.4, 0.5) is 10.6 Å². The molecule has 3 N–H and O–H groups in total. The Hall–Kier alpha value is -3.24. The van der Waals surface area contributed by atoms with Crippen LogP contribution < -0.4 is 15.4 Å². The van der Waals surface area contributed by atoms with Gasteiger partial charge >= 0.3 is 6.09 Å². The van der Waals surface area contributed by atoms with Crippen LogP contribution >= 0.6 is 0 Å². The van der Waals surface area contributed by atoms with Crippen molar-refractivity contribution in [1.82, 2.24) is 25.3 Å². The lowest BCUT2D eigenvalue weighted by molar-refractivity contribution is 0.0515. The van der Waals surface area contributed by atoms with Crippen molar-refractivity contribution in [3.05, 3.63) is 30.3 Å². The number of carbonyl (C=O) groups is 1. The second-order valence-electron chi connectivity index (χ2n) is 6.71. The minimum Gasteiger partial charge on any atom is -0.467 e. The van der Waals surface area contributed by atoms with Gasteiger partial charge in [0.1, 0.15) is 5.75 Å². The molecule has 10 nitrogen and oxygen atoms in total. The van der Waals surface area contributed by atoms with Gasteiger partial charge in [-0.25, -0.2) is 4.79 Å². The van der Waals surface area contributed by atoms with Gasteiger partial charge in [-0.05, 0) is 44.1 Å². The molecule has 152 valence electrons. The Bertz CT molecular complexity index is 1020. The molecule has 1 aromatic carbocycles. The molecule has 0 spiro atoms. The van der Waals surface area contributed by atoms with E-state index in [0.29, 0.717) is 17.0 Å². The average molecular weight is 398 g/mol. The standard InChI is InChI=1S/C19H22N6O4/c1-28-11-29-16-5-3-2-4-13(16)14-10-15-17(23-22-14)18(21-19(26)27)24-25(15)12-6-8-20-9-7-12/h2-5,10,12,20H,6-9,11H2,1H3,(H,21,24)(H,26,27). The van der Waals surface area contributed by atoms with Crippen molar-refractivity contribution in [2.75, 3.05) is 32.3 Å². The third-order valence-corrected chi connectivity index (χ3v) is 4.83. The number of rotatable bonds is 6. The molecule has 3 aromatic rings. The van der Waals surface area contributed by atoms with E-state index in [1.807, 2.05) is 35.0 Å². The number of nitrogens with zero attached hydrogens (tertiary/aromatic N) is 4. The van der Waals surface area contributed by atoms with E-state index in [1.165, 1.54) is 0 Å². The fraction of sp³-hybridized carbons (Fsp3) is 0.368. The number of aromatic nitrogens is 4. The maximum atomic E-state index is 11.2. The predicted molar refractivity (Wildman–Crippen MR) is 106 cm³/mol. The predicted octanol–water partition coefficient (Wildman–Crippen LogP) is 2.49. The first-order valence-electron chi connectivity index (χ1n) is 9.35. The van der Waals surface area contributed by atoms with Crippen LogP contribution in [0.5, 0.6) is 5.75 Å². The summed E-state index contributed by atoms with van der Waals surface area (Å²) in [7, 11) is 1.56. The van der Waals surface area contributed by atoms with E-state index in [4.69, 9.17) is 14.6 Å². The summed E-state index contributed by atoms with van der Waals surface area (Å²) in [4.78, 5) is 11.2. The number of anilines is 1. The quantitative estimate of drug-likeness (QED) is 0.541. The van der Waals surface area contributed by atoms with Gasteiger partial charge in [0.15, 0.2) is 18.1 Å². The number of ether oxygens (including phenoxy) is 2. The van der Waals surface area contributed by atoms with Crippen molar-refractivity contribution in [3.63, 3.8) is 0 Å². The Labute approximate surface area is 166 Å². The smallest absolute Gasteiger partial charge is 0.410 e. The lowest BCUT2D eigenvalue weighted by atomic mass is 10.1. The van der Waals surface area contributed by atoms with E-state index in [-0.39, 0.29) is 18.7 Å². The minimum absolute atomic E-state index is 0.117. The number of benzene rings is 1. The molecular weight excluding hydrogens is 376 g/mol. The summed E-state index contributed by atoms with van der Waals surface area (Å²) in [5.74, 6) is 0.814. The number of nitrogens with one attached hydrogen (secondary N) is 2. The van der Waals surface area contributed by atoms with Crippen LogP contribution in [-0.4, -0.2) is 58.2 Å². The summed E-state index contributed by atoms with van der Waals surface area (Å²) < 4.78 is 12.5. The second kappa shape index (κ2) is 8.41. The highest BCUT2D eigenvalue weighted by Gasteiger charge is 2.23. The summed E-state index contributed by atoms with van der Waals surface area (Å²) in [6.45, 7) is 1.88. The fourth-order valence-electron chi connectivity index (χ4n) is 3.51. The lowest BCUT2D eigenvalue weighted by Crippen LogP contribution is -2.29.